The van der Waals surface area contributed by atoms with Gasteiger partial charge in [0.15, 0.2) is 0 Å². The fourth-order valence-electron chi connectivity index (χ4n) is 3.88. The maximum atomic E-state index is 13.1. The Morgan fingerprint density at radius 1 is 1.13 bits per heavy atom. The molecule has 1 saturated heterocycles. The van der Waals surface area contributed by atoms with Crippen molar-refractivity contribution in [3.8, 4) is 11.5 Å². The van der Waals surface area contributed by atoms with Gasteiger partial charge in [-0.2, -0.15) is 0 Å². The molecule has 3 amide bonds. The average molecular weight is 426 g/mol. The number of carbonyl (C=O) groups excluding carboxylic acids is 2. The van der Waals surface area contributed by atoms with Crippen LogP contribution < -0.4 is 20.1 Å². The van der Waals surface area contributed by atoms with Crippen molar-refractivity contribution < 1.29 is 19.1 Å². The summed E-state index contributed by atoms with van der Waals surface area (Å²) < 4.78 is 10.8. The lowest BCUT2D eigenvalue weighted by molar-refractivity contribution is -0.115. The smallest absolute Gasteiger partial charge is 0.318 e. The van der Waals surface area contributed by atoms with Gasteiger partial charge in [-0.3, -0.25) is 4.79 Å². The first kappa shape index (κ1) is 22.5. The first-order valence-electron chi connectivity index (χ1n) is 10.7. The maximum absolute atomic E-state index is 13.1. The van der Waals surface area contributed by atoms with Crippen molar-refractivity contribution >= 4 is 17.6 Å². The summed E-state index contributed by atoms with van der Waals surface area (Å²) in [6.07, 6.45) is 2.26. The summed E-state index contributed by atoms with van der Waals surface area (Å²) in [6.45, 7) is 4.46. The van der Waals surface area contributed by atoms with Crippen molar-refractivity contribution in [3.63, 3.8) is 0 Å². The zero-order valence-electron chi connectivity index (χ0n) is 18.6. The molecule has 2 N–H and O–H groups in total. The minimum absolute atomic E-state index is 0.0249. The molecule has 2 aromatic carbocycles. The number of nitrogens with zero attached hydrogens (tertiary/aromatic N) is 1. The third kappa shape index (κ3) is 5.29. The van der Waals surface area contributed by atoms with E-state index in [4.69, 9.17) is 9.47 Å². The molecule has 7 heteroatoms. The van der Waals surface area contributed by atoms with E-state index in [1.165, 1.54) is 0 Å². The number of nitrogens with one attached hydrogen (secondary N) is 2. The monoisotopic (exact) mass is 425 g/mol. The van der Waals surface area contributed by atoms with Crippen LogP contribution in [0.25, 0.3) is 0 Å². The van der Waals surface area contributed by atoms with Gasteiger partial charge in [0.25, 0.3) is 0 Å². The number of urea groups is 1. The molecule has 3 rings (SSSR count). The highest BCUT2D eigenvalue weighted by Gasteiger charge is 2.32. The summed E-state index contributed by atoms with van der Waals surface area (Å²) >= 11 is 0. The van der Waals surface area contributed by atoms with Crippen LogP contribution in [0.1, 0.15) is 56.3 Å². The number of rotatable bonds is 7. The summed E-state index contributed by atoms with van der Waals surface area (Å²) in [5.74, 6) is 1.42. The van der Waals surface area contributed by atoms with Gasteiger partial charge in [-0.15, -0.1) is 0 Å². The highest BCUT2D eigenvalue weighted by atomic mass is 16.5. The van der Waals surface area contributed by atoms with Crippen molar-refractivity contribution in [2.75, 3.05) is 26.1 Å². The quantitative estimate of drug-likeness (QED) is 0.676. The van der Waals surface area contributed by atoms with Gasteiger partial charge in [0.2, 0.25) is 5.91 Å². The minimum atomic E-state index is -0.164. The SMILES string of the molecule is CCC(=O)Nc1ccc(C(C)NC(=O)N2CCCC2c2ccc(OC)cc2OC)cc1. The number of methoxy groups -OCH3 is 2. The molecule has 31 heavy (non-hydrogen) atoms. The molecule has 0 spiro atoms. The second-order valence-electron chi connectivity index (χ2n) is 7.65. The Balaban J connectivity index is 1.69. The Labute approximate surface area is 183 Å². The highest BCUT2D eigenvalue weighted by Crippen LogP contribution is 2.38. The predicted molar refractivity (Wildman–Crippen MR) is 121 cm³/mol. The third-order valence-corrected chi connectivity index (χ3v) is 5.67. The van der Waals surface area contributed by atoms with Crippen molar-refractivity contribution in [3.05, 3.63) is 53.6 Å². The molecular formula is C24H31N3O4. The summed E-state index contributed by atoms with van der Waals surface area (Å²) in [5, 5.41) is 5.93. The van der Waals surface area contributed by atoms with E-state index in [2.05, 4.69) is 10.6 Å². The molecule has 166 valence electrons. The molecule has 0 aliphatic carbocycles. The van der Waals surface area contributed by atoms with E-state index in [0.29, 0.717) is 13.0 Å². The first-order chi connectivity index (χ1) is 15.0. The lowest BCUT2D eigenvalue weighted by Crippen LogP contribution is -2.40. The fourth-order valence-corrected chi connectivity index (χ4v) is 3.88. The van der Waals surface area contributed by atoms with Crippen molar-refractivity contribution in [1.29, 1.82) is 0 Å². The lowest BCUT2D eigenvalue weighted by atomic mass is 10.0. The second-order valence-corrected chi connectivity index (χ2v) is 7.65. The zero-order chi connectivity index (χ0) is 22.4. The number of likely N-dealkylation sites (tertiary alicyclic amines) is 1. The maximum Gasteiger partial charge on any atom is 0.318 e. The molecule has 0 aromatic heterocycles. The van der Waals surface area contributed by atoms with Crippen molar-refractivity contribution in [1.82, 2.24) is 10.2 Å². The average Bonchev–Trinajstić information content (AvgIpc) is 3.28. The van der Waals surface area contributed by atoms with Crippen LogP contribution in [0.5, 0.6) is 11.5 Å². The van der Waals surface area contributed by atoms with Gasteiger partial charge >= 0.3 is 6.03 Å². The summed E-state index contributed by atoms with van der Waals surface area (Å²) in [7, 11) is 3.25. The lowest BCUT2D eigenvalue weighted by Gasteiger charge is -2.28. The topological polar surface area (TPSA) is 79.9 Å². The van der Waals surface area contributed by atoms with E-state index in [0.717, 1.165) is 41.2 Å². The fraction of sp³-hybridized carbons (Fsp3) is 0.417. The van der Waals surface area contributed by atoms with Crippen LogP contribution in [0.3, 0.4) is 0 Å². The van der Waals surface area contributed by atoms with E-state index in [-0.39, 0.29) is 24.0 Å². The van der Waals surface area contributed by atoms with Crippen LogP contribution in [-0.2, 0) is 4.79 Å². The number of ether oxygens (including phenoxy) is 2. The molecule has 2 atom stereocenters. The van der Waals surface area contributed by atoms with E-state index >= 15 is 0 Å². The summed E-state index contributed by atoms with van der Waals surface area (Å²) in [5.41, 5.74) is 2.71. The number of benzene rings is 2. The minimum Gasteiger partial charge on any atom is -0.497 e. The van der Waals surface area contributed by atoms with Gasteiger partial charge in [-0.25, -0.2) is 4.79 Å². The largest absolute Gasteiger partial charge is 0.497 e. The van der Waals surface area contributed by atoms with Crippen LogP contribution >= 0.6 is 0 Å². The molecule has 1 aliphatic rings. The van der Waals surface area contributed by atoms with E-state index in [1.807, 2.05) is 61.2 Å². The molecule has 7 nitrogen and oxygen atoms in total. The van der Waals surface area contributed by atoms with Gasteiger partial charge < -0.3 is 25.0 Å². The molecule has 2 unspecified atom stereocenters. The van der Waals surface area contributed by atoms with Gasteiger partial charge in [-0.1, -0.05) is 19.1 Å². The number of amides is 3. The number of hydrogen-bond donors (Lipinski definition) is 2. The highest BCUT2D eigenvalue weighted by molar-refractivity contribution is 5.90. The van der Waals surface area contributed by atoms with E-state index in [9.17, 15) is 9.59 Å². The van der Waals surface area contributed by atoms with E-state index in [1.54, 1.807) is 14.2 Å². The van der Waals surface area contributed by atoms with Crippen LogP contribution in [0.4, 0.5) is 10.5 Å². The number of carbonyl (C=O) groups is 2. The molecule has 0 bridgehead atoms. The Kier molecular flexibility index (Phi) is 7.39. The standard InChI is InChI=1S/C24H31N3O4/c1-5-23(28)26-18-10-8-17(9-11-18)16(2)25-24(29)27-14-6-7-21(27)20-13-12-19(30-3)15-22(20)31-4/h8-13,15-16,21H,5-7,14H2,1-4H3,(H,25,29)(H,26,28). The molecule has 0 radical (unpaired) electrons. The van der Waals surface area contributed by atoms with Gasteiger partial charge in [0.05, 0.1) is 26.3 Å². The van der Waals surface area contributed by atoms with Gasteiger partial charge in [-0.05, 0) is 49.6 Å². The van der Waals surface area contributed by atoms with E-state index < -0.39 is 0 Å². The van der Waals surface area contributed by atoms with Crippen molar-refractivity contribution in [2.45, 2.75) is 45.2 Å². The van der Waals surface area contributed by atoms with Crippen LogP contribution in [0, 0.1) is 0 Å². The molecule has 1 fully saturated rings. The van der Waals surface area contributed by atoms with Gasteiger partial charge in [0, 0.05) is 30.3 Å². The third-order valence-electron chi connectivity index (χ3n) is 5.67. The van der Waals surface area contributed by atoms with Gasteiger partial charge in [0.1, 0.15) is 11.5 Å². The van der Waals surface area contributed by atoms with Crippen LogP contribution in [0.15, 0.2) is 42.5 Å². The Morgan fingerprint density at radius 2 is 1.87 bits per heavy atom. The van der Waals surface area contributed by atoms with Crippen LogP contribution in [0.2, 0.25) is 0 Å². The Morgan fingerprint density at radius 3 is 2.52 bits per heavy atom. The Hall–Kier alpha value is -3.22. The molecule has 0 saturated carbocycles. The molecule has 1 aliphatic heterocycles. The first-order valence-corrected chi connectivity index (χ1v) is 10.7. The summed E-state index contributed by atoms with van der Waals surface area (Å²) in [4.78, 5) is 26.5. The molecule has 2 aromatic rings. The predicted octanol–water partition coefficient (Wildman–Crippen LogP) is 4.66. The van der Waals surface area contributed by atoms with Crippen LogP contribution in [-0.4, -0.2) is 37.6 Å². The normalized spacial score (nSPS) is 16.5. The summed E-state index contributed by atoms with van der Waals surface area (Å²) in [6, 6.07) is 13.0. The number of hydrogen-bond acceptors (Lipinski definition) is 4. The Bertz CT molecular complexity index is 914. The molecular weight excluding hydrogens is 394 g/mol. The van der Waals surface area contributed by atoms with Crippen molar-refractivity contribution in [2.24, 2.45) is 0 Å². The number of anilines is 1. The molecule has 1 heterocycles. The second kappa shape index (κ2) is 10.2. The zero-order valence-corrected chi connectivity index (χ0v) is 18.6.